The Kier molecular flexibility index (Phi) is 8.68. The smallest absolute Gasteiger partial charge is 0.250 e. The van der Waals surface area contributed by atoms with Crippen molar-refractivity contribution in [3.63, 3.8) is 0 Å². The minimum atomic E-state index is -3.48. The predicted octanol–water partition coefficient (Wildman–Crippen LogP) is 2.19. The van der Waals surface area contributed by atoms with Gasteiger partial charge in [-0.1, -0.05) is 18.2 Å². The van der Waals surface area contributed by atoms with E-state index in [9.17, 15) is 12.8 Å². The number of sulfonamides is 1. The quantitative estimate of drug-likeness (QED) is 0.307. The van der Waals surface area contributed by atoms with Crippen molar-refractivity contribution < 1.29 is 17.5 Å². The SMILES string of the molecule is CCNC(=NCC(C)Oc1ccccc1F)NCCNS(=O)(=O)c1cccs1. The number of para-hydroxylation sites is 1. The molecule has 3 N–H and O–H groups in total. The molecule has 1 aromatic heterocycles. The molecular weight excluding hydrogens is 403 g/mol. The topological polar surface area (TPSA) is 91.8 Å². The highest BCUT2D eigenvalue weighted by Gasteiger charge is 2.14. The standard InChI is InChI=1S/C18H25FN4O3S2/c1-3-20-18(21-10-11-23-28(24,25)17-9-6-12-27-17)22-13-14(2)26-16-8-5-4-7-15(16)19/h4-9,12,14,23H,3,10-11,13H2,1-2H3,(H2,20,21,22). The second-order valence-corrected chi connectivity index (χ2v) is 8.78. The molecule has 10 heteroatoms. The third-order valence-corrected chi connectivity index (χ3v) is 6.34. The van der Waals surface area contributed by atoms with E-state index in [4.69, 9.17) is 4.74 Å². The number of aliphatic imine (C=N–C) groups is 1. The van der Waals surface area contributed by atoms with E-state index in [1.807, 2.05) is 6.92 Å². The number of thiophene rings is 1. The molecule has 1 heterocycles. The summed E-state index contributed by atoms with van der Waals surface area (Å²) in [7, 11) is -3.48. The Bertz CT molecular complexity index is 857. The summed E-state index contributed by atoms with van der Waals surface area (Å²) in [6.07, 6.45) is -0.329. The molecule has 0 aliphatic heterocycles. The van der Waals surface area contributed by atoms with Crippen LogP contribution in [-0.2, 0) is 10.0 Å². The molecule has 0 fully saturated rings. The van der Waals surface area contributed by atoms with Crippen molar-refractivity contribution in [2.45, 2.75) is 24.2 Å². The molecule has 0 radical (unpaired) electrons. The van der Waals surface area contributed by atoms with Crippen molar-refractivity contribution in [3.8, 4) is 5.75 Å². The number of benzene rings is 1. The van der Waals surface area contributed by atoms with E-state index in [2.05, 4.69) is 20.3 Å². The lowest BCUT2D eigenvalue weighted by Gasteiger charge is -2.15. The van der Waals surface area contributed by atoms with Crippen molar-refractivity contribution in [2.24, 2.45) is 4.99 Å². The first-order valence-corrected chi connectivity index (χ1v) is 11.2. The zero-order valence-electron chi connectivity index (χ0n) is 15.8. The number of hydrogen-bond donors (Lipinski definition) is 3. The minimum Gasteiger partial charge on any atom is -0.486 e. The van der Waals surface area contributed by atoms with E-state index in [0.717, 1.165) is 0 Å². The summed E-state index contributed by atoms with van der Waals surface area (Å²) in [6.45, 7) is 5.26. The Labute approximate surface area is 169 Å². The summed E-state index contributed by atoms with van der Waals surface area (Å²) in [5.74, 6) is 0.300. The van der Waals surface area contributed by atoms with Crippen LogP contribution in [0.25, 0.3) is 0 Å². The van der Waals surface area contributed by atoms with Crippen LogP contribution in [0.1, 0.15) is 13.8 Å². The van der Waals surface area contributed by atoms with Crippen molar-refractivity contribution >= 4 is 27.3 Å². The minimum absolute atomic E-state index is 0.186. The summed E-state index contributed by atoms with van der Waals surface area (Å²) >= 11 is 1.17. The van der Waals surface area contributed by atoms with Crippen LogP contribution in [0.2, 0.25) is 0 Å². The van der Waals surface area contributed by atoms with Gasteiger partial charge in [-0.15, -0.1) is 11.3 Å². The molecule has 0 spiro atoms. The van der Waals surface area contributed by atoms with Gasteiger partial charge in [-0.25, -0.2) is 22.5 Å². The lowest BCUT2D eigenvalue weighted by Crippen LogP contribution is -2.42. The molecule has 1 unspecified atom stereocenters. The van der Waals surface area contributed by atoms with Crippen LogP contribution >= 0.6 is 11.3 Å². The van der Waals surface area contributed by atoms with Crippen LogP contribution in [0, 0.1) is 5.82 Å². The van der Waals surface area contributed by atoms with Crippen LogP contribution in [-0.4, -0.2) is 46.7 Å². The highest BCUT2D eigenvalue weighted by Crippen LogP contribution is 2.17. The predicted molar refractivity (Wildman–Crippen MR) is 110 cm³/mol. The molecule has 0 aliphatic rings. The number of halogens is 1. The fourth-order valence-electron chi connectivity index (χ4n) is 2.21. The summed E-state index contributed by atoms with van der Waals surface area (Å²) < 4.78 is 46.1. The molecule has 0 amide bonds. The van der Waals surface area contributed by atoms with E-state index in [-0.39, 0.29) is 22.6 Å². The van der Waals surface area contributed by atoms with Crippen molar-refractivity contribution in [2.75, 3.05) is 26.2 Å². The lowest BCUT2D eigenvalue weighted by molar-refractivity contribution is 0.220. The average molecular weight is 429 g/mol. The van der Waals surface area contributed by atoms with Gasteiger partial charge < -0.3 is 15.4 Å². The number of ether oxygens (including phenoxy) is 1. The summed E-state index contributed by atoms with van der Waals surface area (Å²) in [6, 6.07) is 9.47. The van der Waals surface area contributed by atoms with Gasteiger partial charge in [-0.3, -0.25) is 0 Å². The normalized spacial score (nSPS) is 13.2. The van der Waals surface area contributed by atoms with Gasteiger partial charge in [-0.05, 0) is 37.4 Å². The van der Waals surface area contributed by atoms with Crippen molar-refractivity contribution in [3.05, 3.63) is 47.6 Å². The second-order valence-electron chi connectivity index (χ2n) is 5.84. The molecule has 1 atom stereocenters. The maximum atomic E-state index is 13.6. The van der Waals surface area contributed by atoms with Gasteiger partial charge in [0.05, 0.1) is 6.54 Å². The molecule has 1 aromatic carbocycles. The second kappa shape index (κ2) is 11.0. The van der Waals surface area contributed by atoms with Crippen LogP contribution in [0.3, 0.4) is 0 Å². The Hall–Kier alpha value is -2.17. The molecule has 0 bridgehead atoms. The first kappa shape index (κ1) is 22.1. The van der Waals surface area contributed by atoms with Crippen LogP contribution < -0.4 is 20.1 Å². The first-order valence-electron chi connectivity index (χ1n) is 8.89. The molecule has 7 nitrogen and oxygen atoms in total. The Morgan fingerprint density at radius 3 is 2.68 bits per heavy atom. The number of guanidine groups is 1. The van der Waals surface area contributed by atoms with E-state index in [1.165, 1.54) is 17.4 Å². The molecule has 28 heavy (non-hydrogen) atoms. The van der Waals surface area contributed by atoms with E-state index in [0.29, 0.717) is 25.6 Å². The molecular formula is C18H25FN4O3S2. The van der Waals surface area contributed by atoms with Crippen LogP contribution in [0.5, 0.6) is 5.75 Å². The summed E-state index contributed by atoms with van der Waals surface area (Å²) in [4.78, 5) is 4.39. The van der Waals surface area contributed by atoms with E-state index in [1.54, 1.807) is 42.6 Å². The zero-order valence-corrected chi connectivity index (χ0v) is 17.4. The van der Waals surface area contributed by atoms with Crippen LogP contribution in [0.4, 0.5) is 4.39 Å². The number of nitrogens with zero attached hydrogens (tertiary/aromatic N) is 1. The summed E-state index contributed by atoms with van der Waals surface area (Å²) in [5, 5.41) is 7.84. The highest BCUT2D eigenvalue weighted by atomic mass is 32.2. The van der Waals surface area contributed by atoms with Gasteiger partial charge in [0.1, 0.15) is 10.3 Å². The molecule has 154 valence electrons. The first-order chi connectivity index (χ1) is 13.4. The molecule has 0 saturated carbocycles. The molecule has 2 aromatic rings. The lowest BCUT2D eigenvalue weighted by atomic mass is 10.3. The average Bonchev–Trinajstić information content (AvgIpc) is 3.21. The maximum Gasteiger partial charge on any atom is 0.250 e. The van der Waals surface area contributed by atoms with E-state index >= 15 is 0 Å². The van der Waals surface area contributed by atoms with Gasteiger partial charge in [0.2, 0.25) is 10.0 Å². The van der Waals surface area contributed by atoms with Gasteiger partial charge >= 0.3 is 0 Å². The third-order valence-electron chi connectivity index (χ3n) is 3.48. The van der Waals surface area contributed by atoms with Gasteiger partial charge in [-0.2, -0.15) is 0 Å². The zero-order chi connectivity index (χ0) is 20.4. The van der Waals surface area contributed by atoms with Crippen molar-refractivity contribution in [1.82, 2.24) is 15.4 Å². The third kappa shape index (κ3) is 7.10. The Morgan fingerprint density at radius 2 is 2.00 bits per heavy atom. The Morgan fingerprint density at radius 1 is 1.21 bits per heavy atom. The molecule has 0 aliphatic carbocycles. The van der Waals surface area contributed by atoms with E-state index < -0.39 is 15.8 Å². The van der Waals surface area contributed by atoms with Gasteiger partial charge in [0, 0.05) is 19.6 Å². The molecule has 0 saturated heterocycles. The molecule has 2 rings (SSSR count). The van der Waals surface area contributed by atoms with Gasteiger partial charge in [0.25, 0.3) is 0 Å². The fraction of sp³-hybridized carbons (Fsp3) is 0.389. The van der Waals surface area contributed by atoms with Crippen molar-refractivity contribution in [1.29, 1.82) is 0 Å². The monoisotopic (exact) mass is 428 g/mol. The number of hydrogen-bond acceptors (Lipinski definition) is 5. The fourth-order valence-corrected chi connectivity index (χ4v) is 4.28. The maximum absolute atomic E-state index is 13.6. The number of rotatable bonds is 10. The summed E-state index contributed by atoms with van der Waals surface area (Å²) in [5.41, 5.74) is 0. The Balaban J connectivity index is 1.80. The largest absolute Gasteiger partial charge is 0.486 e. The van der Waals surface area contributed by atoms with Gasteiger partial charge in [0.15, 0.2) is 17.5 Å². The highest BCUT2D eigenvalue weighted by molar-refractivity contribution is 7.91. The number of nitrogens with one attached hydrogen (secondary N) is 3. The van der Waals surface area contributed by atoms with Crippen LogP contribution in [0.15, 0.2) is 51.0 Å².